The monoisotopic (exact) mass is 251 g/mol. The maximum atomic E-state index is 11.8. The van der Waals surface area contributed by atoms with Crippen LogP contribution in [0.3, 0.4) is 0 Å². The number of ether oxygens (including phenoxy) is 1. The van der Waals surface area contributed by atoms with Crippen LogP contribution in [-0.2, 0) is 15.1 Å². The van der Waals surface area contributed by atoms with E-state index < -0.39 is 10.9 Å². The van der Waals surface area contributed by atoms with Crippen molar-refractivity contribution in [2.75, 3.05) is 13.1 Å². The summed E-state index contributed by atoms with van der Waals surface area (Å²) in [6, 6.07) is 9.90. The molecule has 2 atom stereocenters. The highest BCUT2D eigenvalue weighted by Gasteiger charge is 2.39. The van der Waals surface area contributed by atoms with Crippen molar-refractivity contribution in [1.82, 2.24) is 5.32 Å². The Balaban J connectivity index is 2.24. The molecule has 0 radical (unpaired) electrons. The third-order valence-corrected chi connectivity index (χ3v) is 3.26. The molecule has 0 spiro atoms. The standard InChI is InChI=1S/C13H17NO2S/c1-10(17)12(15)16-13(7-8-14-9-13)11-5-3-2-4-6-11/h2-6,10,14,17H,7-9H2,1H3. The minimum absolute atomic E-state index is 0.263. The minimum atomic E-state index is -0.519. The first kappa shape index (κ1) is 12.5. The zero-order chi connectivity index (χ0) is 12.3. The highest BCUT2D eigenvalue weighted by atomic mass is 32.1. The molecule has 1 fully saturated rings. The largest absolute Gasteiger partial charge is 0.452 e. The van der Waals surface area contributed by atoms with E-state index in [0.717, 1.165) is 18.5 Å². The molecule has 0 amide bonds. The van der Waals surface area contributed by atoms with Crippen molar-refractivity contribution in [3.8, 4) is 0 Å². The van der Waals surface area contributed by atoms with Gasteiger partial charge in [-0.1, -0.05) is 30.3 Å². The first-order valence-electron chi connectivity index (χ1n) is 5.81. The summed E-state index contributed by atoms with van der Waals surface area (Å²) in [5.41, 5.74) is 0.530. The lowest BCUT2D eigenvalue weighted by Crippen LogP contribution is -2.36. The predicted octanol–water partition coefficient (Wildman–Crippen LogP) is 1.74. The quantitative estimate of drug-likeness (QED) is 0.635. The Morgan fingerprint density at radius 3 is 2.71 bits per heavy atom. The predicted molar refractivity (Wildman–Crippen MR) is 70.1 cm³/mol. The molecular formula is C13H17NO2S. The van der Waals surface area contributed by atoms with Crippen LogP contribution in [0.15, 0.2) is 30.3 Å². The maximum Gasteiger partial charge on any atom is 0.319 e. The Labute approximate surface area is 107 Å². The molecule has 1 heterocycles. The Bertz CT molecular complexity index is 386. The lowest BCUT2D eigenvalue weighted by Gasteiger charge is -2.29. The zero-order valence-electron chi connectivity index (χ0n) is 9.85. The van der Waals surface area contributed by atoms with Crippen molar-refractivity contribution >= 4 is 18.6 Å². The second kappa shape index (κ2) is 5.10. The maximum absolute atomic E-state index is 11.8. The average Bonchev–Trinajstić information content (AvgIpc) is 2.80. The highest BCUT2D eigenvalue weighted by Crippen LogP contribution is 2.32. The number of rotatable bonds is 3. The molecular weight excluding hydrogens is 234 g/mol. The fourth-order valence-electron chi connectivity index (χ4n) is 2.08. The number of hydrogen-bond acceptors (Lipinski definition) is 4. The molecule has 4 heteroatoms. The third-order valence-electron chi connectivity index (χ3n) is 3.05. The Morgan fingerprint density at radius 1 is 1.47 bits per heavy atom. The molecule has 17 heavy (non-hydrogen) atoms. The summed E-state index contributed by atoms with van der Waals surface area (Å²) in [5, 5.41) is 2.86. The lowest BCUT2D eigenvalue weighted by molar-refractivity contribution is -0.158. The van der Waals surface area contributed by atoms with E-state index in [-0.39, 0.29) is 5.97 Å². The second-order valence-corrected chi connectivity index (χ2v) is 5.16. The van der Waals surface area contributed by atoms with Crippen LogP contribution in [0.1, 0.15) is 18.9 Å². The van der Waals surface area contributed by atoms with Gasteiger partial charge in [0.25, 0.3) is 0 Å². The van der Waals surface area contributed by atoms with Crippen molar-refractivity contribution in [3.63, 3.8) is 0 Å². The number of thiol groups is 1. The van der Waals surface area contributed by atoms with Crippen LogP contribution >= 0.6 is 12.6 Å². The van der Waals surface area contributed by atoms with Gasteiger partial charge in [0.2, 0.25) is 0 Å². The van der Waals surface area contributed by atoms with Crippen LogP contribution in [0.25, 0.3) is 0 Å². The molecule has 2 unspecified atom stereocenters. The molecule has 1 aromatic rings. The number of nitrogens with one attached hydrogen (secondary N) is 1. The molecule has 3 nitrogen and oxygen atoms in total. The van der Waals surface area contributed by atoms with Crippen molar-refractivity contribution in [2.45, 2.75) is 24.2 Å². The van der Waals surface area contributed by atoms with E-state index in [2.05, 4.69) is 17.9 Å². The van der Waals surface area contributed by atoms with E-state index in [9.17, 15) is 4.79 Å². The van der Waals surface area contributed by atoms with Crippen molar-refractivity contribution in [1.29, 1.82) is 0 Å². The molecule has 1 N–H and O–H groups in total. The van der Waals surface area contributed by atoms with Gasteiger partial charge in [-0.2, -0.15) is 12.6 Å². The minimum Gasteiger partial charge on any atom is -0.452 e. The summed E-state index contributed by atoms with van der Waals surface area (Å²) in [6.07, 6.45) is 0.809. The van der Waals surface area contributed by atoms with Crippen LogP contribution in [-0.4, -0.2) is 24.3 Å². The number of carbonyl (C=O) groups excluding carboxylic acids is 1. The van der Waals surface area contributed by atoms with Gasteiger partial charge in [0.05, 0.1) is 5.25 Å². The SMILES string of the molecule is CC(S)C(=O)OC1(c2ccccc2)CCNC1. The Kier molecular flexibility index (Phi) is 3.74. The molecule has 0 saturated carbocycles. The summed E-state index contributed by atoms with van der Waals surface area (Å²) >= 11 is 4.12. The highest BCUT2D eigenvalue weighted by molar-refractivity contribution is 7.81. The lowest BCUT2D eigenvalue weighted by atomic mass is 9.92. The summed E-state index contributed by atoms with van der Waals surface area (Å²) in [5.74, 6) is -0.263. The molecule has 0 aliphatic carbocycles. The fraction of sp³-hybridized carbons (Fsp3) is 0.462. The summed E-state index contributed by atoms with van der Waals surface area (Å²) < 4.78 is 5.67. The van der Waals surface area contributed by atoms with Gasteiger partial charge in [-0.25, -0.2) is 0 Å². The van der Waals surface area contributed by atoms with Crippen molar-refractivity contribution < 1.29 is 9.53 Å². The van der Waals surface area contributed by atoms with Crippen molar-refractivity contribution in [3.05, 3.63) is 35.9 Å². The molecule has 0 bridgehead atoms. The van der Waals surface area contributed by atoms with E-state index in [1.165, 1.54) is 0 Å². The van der Waals surface area contributed by atoms with Gasteiger partial charge in [0, 0.05) is 13.0 Å². The summed E-state index contributed by atoms with van der Waals surface area (Å²) in [7, 11) is 0. The van der Waals surface area contributed by atoms with E-state index in [1.54, 1.807) is 6.92 Å². The van der Waals surface area contributed by atoms with Crippen LogP contribution in [0.5, 0.6) is 0 Å². The third kappa shape index (κ3) is 2.64. The Hall–Kier alpha value is -1.00. The van der Waals surface area contributed by atoms with Gasteiger partial charge in [-0.3, -0.25) is 4.79 Å². The van der Waals surface area contributed by atoms with Crippen LogP contribution in [0.2, 0.25) is 0 Å². The van der Waals surface area contributed by atoms with E-state index >= 15 is 0 Å². The second-order valence-electron chi connectivity index (χ2n) is 4.38. The molecule has 0 aromatic heterocycles. The first-order chi connectivity index (χ1) is 8.14. The van der Waals surface area contributed by atoms with Crippen LogP contribution in [0, 0.1) is 0 Å². The number of benzene rings is 1. The molecule has 92 valence electrons. The molecule has 1 saturated heterocycles. The van der Waals surface area contributed by atoms with E-state index in [0.29, 0.717) is 6.54 Å². The molecule has 1 aromatic carbocycles. The van der Waals surface area contributed by atoms with Crippen LogP contribution < -0.4 is 5.32 Å². The van der Waals surface area contributed by atoms with Crippen molar-refractivity contribution in [2.24, 2.45) is 0 Å². The average molecular weight is 251 g/mol. The summed E-state index contributed by atoms with van der Waals surface area (Å²) in [6.45, 7) is 3.26. The van der Waals surface area contributed by atoms with Gasteiger partial charge < -0.3 is 10.1 Å². The van der Waals surface area contributed by atoms with E-state index in [1.807, 2.05) is 30.3 Å². The zero-order valence-corrected chi connectivity index (χ0v) is 10.7. The number of esters is 1. The number of carbonyl (C=O) groups is 1. The van der Waals surface area contributed by atoms with Gasteiger partial charge in [0.15, 0.2) is 5.60 Å². The van der Waals surface area contributed by atoms with Crippen LogP contribution in [0.4, 0.5) is 0 Å². The smallest absolute Gasteiger partial charge is 0.319 e. The first-order valence-corrected chi connectivity index (χ1v) is 6.33. The fourth-order valence-corrected chi connectivity index (χ4v) is 2.13. The van der Waals surface area contributed by atoms with Gasteiger partial charge >= 0.3 is 5.97 Å². The molecule has 1 aliphatic rings. The normalized spacial score (nSPS) is 25.5. The Morgan fingerprint density at radius 2 is 2.18 bits per heavy atom. The molecule has 2 rings (SSSR count). The van der Waals surface area contributed by atoms with E-state index in [4.69, 9.17) is 4.74 Å². The van der Waals surface area contributed by atoms with Gasteiger partial charge in [-0.15, -0.1) is 0 Å². The van der Waals surface area contributed by atoms with Gasteiger partial charge in [-0.05, 0) is 19.0 Å². The summed E-state index contributed by atoms with van der Waals surface area (Å²) in [4.78, 5) is 11.8. The van der Waals surface area contributed by atoms with Gasteiger partial charge in [0.1, 0.15) is 0 Å². The topological polar surface area (TPSA) is 38.3 Å². The number of hydrogen-bond donors (Lipinski definition) is 2. The molecule has 1 aliphatic heterocycles.